The molecule has 1 aromatic rings. The van der Waals surface area contributed by atoms with Crippen LogP contribution in [0.25, 0.3) is 0 Å². The second-order valence-corrected chi connectivity index (χ2v) is 4.72. The van der Waals surface area contributed by atoms with E-state index in [9.17, 15) is 9.59 Å². The lowest BCUT2D eigenvalue weighted by molar-refractivity contribution is 0.0433. The Bertz CT molecular complexity index is 605. The van der Waals surface area contributed by atoms with Crippen molar-refractivity contribution in [1.29, 1.82) is 0 Å². The van der Waals surface area contributed by atoms with Crippen molar-refractivity contribution < 1.29 is 19.9 Å². The number of carbonyl (C=O) groups is 2. The van der Waals surface area contributed by atoms with E-state index < -0.39 is 11.6 Å². The predicted octanol–water partition coefficient (Wildman–Crippen LogP) is 0.427. The maximum absolute atomic E-state index is 11.9. The first-order valence-corrected chi connectivity index (χ1v) is 5.68. The van der Waals surface area contributed by atoms with Crippen LogP contribution in [-0.2, 0) is 5.54 Å². The van der Waals surface area contributed by atoms with E-state index in [1.54, 1.807) is 18.2 Å². The van der Waals surface area contributed by atoms with Gasteiger partial charge in [0, 0.05) is 5.56 Å². The van der Waals surface area contributed by atoms with E-state index in [-0.39, 0.29) is 19.0 Å². The number of fused-ring (bicyclic) bond motifs is 2. The van der Waals surface area contributed by atoms with Crippen molar-refractivity contribution in [3.8, 4) is 0 Å². The molecule has 3 rings (SSSR count). The van der Waals surface area contributed by atoms with Crippen molar-refractivity contribution in [1.82, 2.24) is 10.2 Å². The molecule has 98 valence electrons. The van der Waals surface area contributed by atoms with E-state index in [1.807, 2.05) is 0 Å². The molecule has 1 spiro atoms. The summed E-state index contributed by atoms with van der Waals surface area (Å²) < 4.78 is 0. The fourth-order valence-corrected chi connectivity index (χ4v) is 2.66. The lowest BCUT2D eigenvalue weighted by Gasteiger charge is -2.46. The molecule has 1 aromatic carbocycles. The average Bonchev–Trinajstić information content (AvgIpc) is 2.61. The maximum atomic E-state index is 11.9. The highest BCUT2D eigenvalue weighted by Gasteiger charge is 2.53. The Morgan fingerprint density at radius 1 is 1.47 bits per heavy atom. The molecule has 2 amide bonds. The highest BCUT2D eigenvalue weighted by molar-refractivity contribution is 6.02. The average molecular weight is 261 g/mol. The molecule has 2 aliphatic rings. The summed E-state index contributed by atoms with van der Waals surface area (Å²) in [5, 5.41) is 23.1. The number of nitrogens with zero attached hydrogens (tertiary/aromatic N) is 2. The molecule has 2 aliphatic heterocycles. The summed E-state index contributed by atoms with van der Waals surface area (Å²) in [5.41, 5.74) is 1.31. The Labute approximate surface area is 108 Å². The van der Waals surface area contributed by atoms with Crippen LogP contribution in [0.1, 0.15) is 21.5 Å². The zero-order valence-corrected chi connectivity index (χ0v) is 9.83. The van der Waals surface area contributed by atoms with Crippen LogP contribution in [-0.4, -0.2) is 46.5 Å². The Morgan fingerprint density at radius 3 is 2.84 bits per heavy atom. The van der Waals surface area contributed by atoms with Crippen molar-refractivity contribution >= 4 is 18.2 Å². The lowest BCUT2D eigenvalue weighted by Crippen LogP contribution is -2.66. The summed E-state index contributed by atoms with van der Waals surface area (Å²) in [5.74, 6) is -0.228. The molecule has 0 saturated carbocycles. The second-order valence-electron chi connectivity index (χ2n) is 4.72. The molecule has 0 radical (unpaired) electrons. The van der Waals surface area contributed by atoms with Gasteiger partial charge in [0.05, 0.1) is 19.3 Å². The Kier molecular flexibility index (Phi) is 2.25. The number of hydrogen-bond acceptors (Lipinski definition) is 4. The monoisotopic (exact) mass is 261 g/mol. The van der Waals surface area contributed by atoms with E-state index in [0.717, 1.165) is 5.56 Å². The van der Waals surface area contributed by atoms with Crippen LogP contribution in [0.4, 0.5) is 4.79 Å². The Hall–Kier alpha value is -2.57. The molecule has 0 unspecified atom stereocenters. The first-order valence-electron chi connectivity index (χ1n) is 5.68. The van der Waals surface area contributed by atoms with Gasteiger partial charge in [-0.05, 0) is 17.2 Å². The molecule has 2 heterocycles. The number of oxime groups is 1. The molecule has 0 aliphatic carbocycles. The fourth-order valence-electron chi connectivity index (χ4n) is 2.66. The fraction of sp³-hybridized carbons (Fsp3) is 0.250. The van der Waals surface area contributed by atoms with Gasteiger partial charge < -0.3 is 20.5 Å². The van der Waals surface area contributed by atoms with Crippen LogP contribution >= 0.6 is 0 Å². The number of carboxylic acid groups (broad SMARTS) is 1. The minimum atomic E-state index is -0.989. The maximum Gasteiger partial charge on any atom is 0.407 e. The Morgan fingerprint density at radius 2 is 2.21 bits per heavy atom. The molecule has 7 nitrogen and oxygen atoms in total. The summed E-state index contributed by atoms with van der Waals surface area (Å²) in [6.45, 7) is 0.517. The molecule has 0 atom stereocenters. The van der Waals surface area contributed by atoms with Gasteiger partial charge in [-0.2, -0.15) is 0 Å². The number of amides is 2. The van der Waals surface area contributed by atoms with Gasteiger partial charge in [0.15, 0.2) is 0 Å². The summed E-state index contributed by atoms with van der Waals surface area (Å²) in [4.78, 5) is 24.0. The molecular formula is C12H11N3O4. The molecule has 19 heavy (non-hydrogen) atoms. The third-order valence-electron chi connectivity index (χ3n) is 3.56. The van der Waals surface area contributed by atoms with Gasteiger partial charge in [0.1, 0.15) is 5.54 Å². The van der Waals surface area contributed by atoms with Crippen molar-refractivity contribution in [3.05, 3.63) is 34.9 Å². The van der Waals surface area contributed by atoms with Crippen LogP contribution in [0.5, 0.6) is 0 Å². The van der Waals surface area contributed by atoms with Crippen molar-refractivity contribution in [3.63, 3.8) is 0 Å². The van der Waals surface area contributed by atoms with Crippen LogP contribution < -0.4 is 5.32 Å². The van der Waals surface area contributed by atoms with Gasteiger partial charge in [0.2, 0.25) is 0 Å². The summed E-state index contributed by atoms with van der Waals surface area (Å²) >= 11 is 0. The van der Waals surface area contributed by atoms with E-state index in [0.29, 0.717) is 11.1 Å². The summed E-state index contributed by atoms with van der Waals surface area (Å²) in [7, 11) is 0. The van der Waals surface area contributed by atoms with E-state index in [1.165, 1.54) is 11.1 Å². The predicted molar refractivity (Wildman–Crippen MR) is 64.6 cm³/mol. The number of hydrogen-bond donors (Lipinski definition) is 3. The third kappa shape index (κ3) is 1.55. The molecule has 0 aromatic heterocycles. The standard InChI is InChI=1S/C12H11N3O4/c16-10-8-3-7(4-13-19)1-2-9(8)12(14-10)5-15(6-12)11(17)18/h1-4,19H,5-6H2,(H,14,16)(H,17,18). The van der Waals surface area contributed by atoms with Gasteiger partial charge in [0.25, 0.3) is 5.91 Å². The minimum absolute atomic E-state index is 0.228. The summed E-state index contributed by atoms with van der Waals surface area (Å²) in [6.07, 6.45) is 0.250. The van der Waals surface area contributed by atoms with Crippen LogP contribution in [0, 0.1) is 0 Å². The zero-order chi connectivity index (χ0) is 13.6. The van der Waals surface area contributed by atoms with Crippen molar-refractivity contribution in [2.24, 2.45) is 5.16 Å². The molecule has 0 bridgehead atoms. The topological polar surface area (TPSA) is 102 Å². The van der Waals surface area contributed by atoms with E-state index >= 15 is 0 Å². The van der Waals surface area contributed by atoms with Crippen molar-refractivity contribution in [2.75, 3.05) is 13.1 Å². The van der Waals surface area contributed by atoms with E-state index in [4.69, 9.17) is 10.3 Å². The Balaban J connectivity index is 1.96. The van der Waals surface area contributed by atoms with Gasteiger partial charge in [-0.3, -0.25) is 4.79 Å². The number of benzene rings is 1. The molecule has 7 heteroatoms. The highest BCUT2D eigenvalue weighted by Crippen LogP contribution is 2.38. The number of rotatable bonds is 1. The molecular weight excluding hydrogens is 250 g/mol. The zero-order valence-electron chi connectivity index (χ0n) is 9.83. The van der Waals surface area contributed by atoms with Gasteiger partial charge >= 0.3 is 6.09 Å². The first-order chi connectivity index (χ1) is 9.05. The van der Waals surface area contributed by atoms with Crippen LogP contribution in [0.3, 0.4) is 0 Å². The largest absolute Gasteiger partial charge is 0.465 e. The van der Waals surface area contributed by atoms with E-state index in [2.05, 4.69) is 10.5 Å². The molecule has 3 N–H and O–H groups in total. The summed E-state index contributed by atoms with van der Waals surface area (Å²) in [6, 6.07) is 5.12. The third-order valence-corrected chi connectivity index (χ3v) is 3.56. The van der Waals surface area contributed by atoms with Gasteiger partial charge in [-0.15, -0.1) is 0 Å². The smallest absolute Gasteiger partial charge is 0.407 e. The number of nitrogens with one attached hydrogen (secondary N) is 1. The second kappa shape index (κ2) is 3.71. The normalized spacial score (nSPS) is 19.4. The van der Waals surface area contributed by atoms with Gasteiger partial charge in [-0.25, -0.2) is 4.79 Å². The van der Waals surface area contributed by atoms with Crippen LogP contribution in [0.15, 0.2) is 23.4 Å². The SMILES string of the molecule is O=C1NC2(CN(C(=O)O)C2)c2ccc(C=NO)cc21. The first kappa shape index (κ1) is 11.5. The molecule has 1 fully saturated rings. The quantitative estimate of drug-likeness (QED) is 0.387. The van der Waals surface area contributed by atoms with Crippen LogP contribution in [0.2, 0.25) is 0 Å². The highest BCUT2D eigenvalue weighted by atomic mass is 16.4. The van der Waals surface area contributed by atoms with Gasteiger partial charge in [-0.1, -0.05) is 17.3 Å². The number of likely N-dealkylation sites (tertiary alicyclic amines) is 1. The lowest BCUT2D eigenvalue weighted by atomic mass is 9.83. The minimum Gasteiger partial charge on any atom is -0.465 e. The number of carbonyl (C=O) groups excluding carboxylic acids is 1. The molecule has 1 saturated heterocycles. The van der Waals surface area contributed by atoms with Crippen molar-refractivity contribution in [2.45, 2.75) is 5.54 Å².